The van der Waals surface area contributed by atoms with E-state index in [-0.39, 0.29) is 17.9 Å². The highest BCUT2D eigenvalue weighted by Gasteiger charge is 2.38. The van der Waals surface area contributed by atoms with E-state index in [0.717, 1.165) is 33.5 Å². The summed E-state index contributed by atoms with van der Waals surface area (Å²) in [4.78, 5) is 13.9. The van der Waals surface area contributed by atoms with Gasteiger partial charge in [-0.15, -0.1) is 0 Å². The maximum atomic E-state index is 13.9. The van der Waals surface area contributed by atoms with E-state index in [1.807, 2.05) is 54.6 Å². The molecule has 0 atom stereocenters. The fourth-order valence-corrected chi connectivity index (χ4v) is 4.79. The molecule has 0 bridgehead atoms. The maximum absolute atomic E-state index is 13.9. The Kier molecular flexibility index (Phi) is 7.36. The lowest BCUT2D eigenvalue weighted by Crippen LogP contribution is -2.49. The number of hydrogen-bond acceptors (Lipinski definition) is 1. The number of rotatable bonds is 7. The zero-order valence-corrected chi connectivity index (χ0v) is 21.0. The van der Waals surface area contributed by atoms with Crippen LogP contribution in [0.15, 0.2) is 109 Å². The molecule has 3 nitrogen and oxygen atoms in total. The molecule has 0 aliphatic heterocycles. The number of amides is 2. The van der Waals surface area contributed by atoms with Crippen LogP contribution in [0, 0.1) is 0 Å². The van der Waals surface area contributed by atoms with Crippen LogP contribution < -0.4 is 10.6 Å². The smallest absolute Gasteiger partial charge is 0.320 e. The molecule has 0 unspecified atom stereocenters. The van der Waals surface area contributed by atoms with Gasteiger partial charge >= 0.3 is 6.03 Å². The van der Waals surface area contributed by atoms with Gasteiger partial charge in [0.05, 0.1) is 0 Å². The molecule has 35 heavy (non-hydrogen) atoms. The Labute approximate surface area is 209 Å². The second kappa shape index (κ2) is 10.6. The third-order valence-corrected chi connectivity index (χ3v) is 6.53. The van der Waals surface area contributed by atoms with E-state index < -0.39 is 5.54 Å². The van der Waals surface area contributed by atoms with E-state index >= 15 is 0 Å². The SMILES string of the molecule is CC(C)c1cccc(C(C)C)c1NC(=O)NC(c1ccccc1)(c1ccccc1)c1ccccc1. The lowest BCUT2D eigenvalue weighted by atomic mass is 9.77. The van der Waals surface area contributed by atoms with Gasteiger partial charge in [-0.25, -0.2) is 4.79 Å². The molecule has 4 aromatic carbocycles. The number of hydrogen-bond donors (Lipinski definition) is 2. The minimum Gasteiger partial charge on any atom is -0.320 e. The summed E-state index contributed by atoms with van der Waals surface area (Å²) < 4.78 is 0. The Balaban J connectivity index is 1.85. The number of urea groups is 1. The topological polar surface area (TPSA) is 41.1 Å². The second-order valence-corrected chi connectivity index (χ2v) is 9.55. The monoisotopic (exact) mass is 462 g/mol. The molecule has 2 N–H and O–H groups in total. The van der Waals surface area contributed by atoms with Gasteiger partial charge in [-0.1, -0.05) is 137 Å². The van der Waals surface area contributed by atoms with Crippen LogP contribution in [0.1, 0.15) is 67.3 Å². The van der Waals surface area contributed by atoms with E-state index in [4.69, 9.17) is 0 Å². The Morgan fingerprint density at radius 3 is 1.29 bits per heavy atom. The van der Waals surface area contributed by atoms with Crippen molar-refractivity contribution in [2.75, 3.05) is 5.32 Å². The molecule has 0 saturated carbocycles. The van der Waals surface area contributed by atoms with Crippen molar-refractivity contribution >= 4 is 11.7 Å². The Morgan fingerprint density at radius 2 is 0.943 bits per heavy atom. The second-order valence-electron chi connectivity index (χ2n) is 9.55. The van der Waals surface area contributed by atoms with Crippen LogP contribution in [0.4, 0.5) is 10.5 Å². The summed E-state index contributed by atoms with van der Waals surface area (Å²) in [7, 11) is 0. The average Bonchev–Trinajstić information content (AvgIpc) is 2.88. The third-order valence-electron chi connectivity index (χ3n) is 6.53. The van der Waals surface area contributed by atoms with Crippen molar-refractivity contribution in [3.8, 4) is 0 Å². The molecule has 0 aliphatic carbocycles. The molecule has 4 aromatic rings. The van der Waals surface area contributed by atoms with Crippen molar-refractivity contribution in [3.05, 3.63) is 137 Å². The third kappa shape index (κ3) is 5.00. The Bertz CT molecular complexity index is 1130. The molecule has 0 fully saturated rings. The number of benzene rings is 4. The summed E-state index contributed by atoms with van der Waals surface area (Å²) in [5.41, 5.74) is 5.29. The van der Waals surface area contributed by atoms with Crippen LogP contribution in [-0.4, -0.2) is 6.03 Å². The van der Waals surface area contributed by atoms with Gasteiger partial charge in [0.1, 0.15) is 5.54 Å². The fraction of sp³-hybridized carbons (Fsp3) is 0.219. The molecule has 178 valence electrons. The van der Waals surface area contributed by atoms with Crippen molar-refractivity contribution in [2.24, 2.45) is 0 Å². The summed E-state index contributed by atoms with van der Waals surface area (Å²) in [5.74, 6) is 0.567. The molecule has 0 saturated heterocycles. The first-order valence-electron chi connectivity index (χ1n) is 12.3. The van der Waals surface area contributed by atoms with Crippen LogP contribution in [0.3, 0.4) is 0 Å². The summed E-state index contributed by atoms with van der Waals surface area (Å²) in [6, 6.07) is 36.6. The van der Waals surface area contributed by atoms with Crippen LogP contribution in [0.25, 0.3) is 0 Å². The van der Waals surface area contributed by atoms with Crippen LogP contribution in [0.2, 0.25) is 0 Å². The van der Waals surface area contributed by atoms with Gasteiger partial charge in [0.15, 0.2) is 0 Å². The summed E-state index contributed by atoms with van der Waals surface area (Å²) >= 11 is 0. The average molecular weight is 463 g/mol. The minimum atomic E-state index is -0.862. The largest absolute Gasteiger partial charge is 0.320 e. The molecular formula is C32H34N2O. The summed E-state index contributed by atoms with van der Waals surface area (Å²) in [6.07, 6.45) is 0. The van der Waals surface area contributed by atoms with E-state index in [9.17, 15) is 4.79 Å². The fourth-order valence-electron chi connectivity index (χ4n) is 4.79. The molecule has 0 aliphatic rings. The highest BCUT2D eigenvalue weighted by Crippen LogP contribution is 2.38. The van der Waals surface area contributed by atoms with Crippen molar-refractivity contribution in [1.82, 2.24) is 5.32 Å². The van der Waals surface area contributed by atoms with Gasteiger partial charge in [0.25, 0.3) is 0 Å². The van der Waals surface area contributed by atoms with Gasteiger partial charge in [-0.2, -0.15) is 0 Å². The maximum Gasteiger partial charge on any atom is 0.320 e. The molecule has 0 spiro atoms. The molecule has 0 aromatic heterocycles. The zero-order chi connectivity index (χ0) is 24.8. The number of anilines is 1. The van der Waals surface area contributed by atoms with Gasteiger partial charge in [-0.3, -0.25) is 0 Å². The van der Waals surface area contributed by atoms with Crippen molar-refractivity contribution in [2.45, 2.75) is 45.1 Å². The normalized spacial score (nSPS) is 11.5. The predicted octanol–water partition coefficient (Wildman–Crippen LogP) is 8.05. The zero-order valence-electron chi connectivity index (χ0n) is 21.0. The Morgan fingerprint density at radius 1 is 0.571 bits per heavy atom. The van der Waals surface area contributed by atoms with Crippen molar-refractivity contribution in [1.29, 1.82) is 0 Å². The summed E-state index contributed by atoms with van der Waals surface area (Å²) in [6.45, 7) is 8.63. The standard InChI is InChI=1S/C32H34N2O/c1-23(2)28-21-14-22-29(24(3)4)30(28)33-31(35)34-32(25-15-8-5-9-16-25,26-17-10-6-11-18-26)27-19-12-7-13-20-27/h5-24H,1-4H3,(H2,33,34,35). The van der Waals surface area contributed by atoms with E-state index in [1.54, 1.807) is 0 Å². The Hall–Kier alpha value is -3.85. The highest BCUT2D eigenvalue weighted by molar-refractivity contribution is 5.93. The molecule has 2 amide bonds. The quantitative estimate of drug-likeness (QED) is 0.268. The molecule has 0 radical (unpaired) electrons. The number of nitrogens with one attached hydrogen (secondary N) is 2. The van der Waals surface area contributed by atoms with Gasteiger partial charge < -0.3 is 10.6 Å². The van der Waals surface area contributed by atoms with Crippen LogP contribution in [-0.2, 0) is 5.54 Å². The first-order chi connectivity index (χ1) is 16.9. The number of carbonyl (C=O) groups is 1. The van der Waals surface area contributed by atoms with Gasteiger partial charge in [0, 0.05) is 5.69 Å². The molecule has 0 heterocycles. The lowest BCUT2D eigenvalue weighted by Gasteiger charge is -2.37. The van der Waals surface area contributed by atoms with Crippen molar-refractivity contribution < 1.29 is 4.79 Å². The predicted molar refractivity (Wildman–Crippen MR) is 146 cm³/mol. The van der Waals surface area contributed by atoms with E-state index in [1.165, 1.54) is 0 Å². The lowest BCUT2D eigenvalue weighted by molar-refractivity contribution is 0.245. The van der Waals surface area contributed by atoms with Crippen LogP contribution >= 0.6 is 0 Å². The molecular weight excluding hydrogens is 428 g/mol. The van der Waals surface area contributed by atoms with E-state index in [0.29, 0.717) is 0 Å². The first kappa shape index (κ1) is 24.3. The van der Waals surface area contributed by atoms with Crippen LogP contribution in [0.5, 0.6) is 0 Å². The minimum absolute atomic E-state index is 0.239. The van der Waals surface area contributed by atoms with Gasteiger partial charge in [0.2, 0.25) is 0 Å². The van der Waals surface area contributed by atoms with Gasteiger partial charge in [-0.05, 0) is 39.7 Å². The molecule has 4 rings (SSSR count). The highest BCUT2D eigenvalue weighted by atomic mass is 16.2. The summed E-state index contributed by atoms with van der Waals surface area (Å²) in [5, 5.41) is 6.67. The first-order valence-corrected chi connectivity index (χ1v) is 12.3. The number of carbonyl (C=O) groups excluding carboxylic acids is 1. The number of para-hydroxylation sites is 1. The molecule has 3 heteroatoms. The van der Waals surface area contributed by atoms with E-state index in [2.05, 4.69) is 92.9 Å². The van der Waals surface area contributed by atoms with Crippen molar-refractivity contribution in [3.63, 3.8) is 0 Å².